The molecule has 5 nitrogen and oxygen atoms in total. The van der Waals surface area contributed by atoms with Gasteiger partial charge in [0.05, 0.1) is 23.9 Å². The van der Waals surface area contributed by atoms with Gasteiger partial charge in [-0.1, -0.05) is 0 Å². The van der Waals surface area contributed by atoms with E-state index in [1.165, 1.54) is 0 Å². The topological polar surface area (TPSA) is 73.9 Å². The second kappa shape index (κ2) is 5.20. The van der Waals surface area contributed by atoms with Crippen molar-refractivity contribution in [2.45, 2.75) is 19.4 Å². The largest absolute Gasteiger partial charge is 0.480 e. The van der Waals surface area contributed by atoms with Gasteiger partial charge in [-0.25, -0.2) is 4.98 Å². The van der Waals surface area contributed by atoms with E-state index in [1.807, 2.05) is 18.4 Å². The number of aromatic nitrogens is 3. The maximum absolute atomic E-state index is 6.05. The quantitative estimate of drug-likeness (QED) is 0.890. The lowest BCUT2D eigenvalue weighted by atomic mass is 10.1. The minimum atomic E-state index is -0.182. The van der Waals surface area contributed by atoms with Crippen LogP contribution in [0.5, 0.6) is 5.88 Å². The number of hydrogen-bond donors (Lipinski definition) is 1. The van der Waals surface area contributed by atoms with Gasteiger partial charge in [-0.3, -0.25) is 0 Å². The van der Waals surface area contributed by atoms with Crippen LogP contribution in [0.15, 0.2) is 17.5 Å². The molecule has 0 bridgehead atoms. The van der Waals surface area contributed by atoms with Crippen molar-refractivity contribution >= 4 is 11.3 Å². The van der Waals surface area contributed by atoms with E-state index in [9.17, 15) is 0 Å². The lowest BCUT2D eigenvalue weighted by Gasteiger charge is -2.08. The van der Waals surface area contributed by atoms with Crippen molar-refractivity contribution < 1.29 is 4.74 Å². The molecule has 1 atom stereocenters. The van der Waals surface area contributed by atoms with Crippen molar-refractivity contribution in [2.24, 2.45) is 5.73 Å². The maximum Gasteiger partial charge on any atom is 0.233 e. The van der Waals surface area contributed by atoms with E-state index < -0.39 is 0 Å². The number of thiazole rings is 1. The van der Waals surface area contributed by atoms with E-state index in [1.54, 1.807) is 24.5 Å². The maximum atomic E-state index is 6.05. The Bertz CT molecular complexity index is 482. The summed E-state index contributed by atoms with van der Waals surface area (Å²) in [7, 11) is 1.56. The Labute approximate surface area is 104 Å². The zero-order chi connectivity index (χ0) is 12.3. The van der Waals surface area contributed by atoms with Crippen LogP contribution in [0.25, 0.3) is 0 Å². The Morgan fingerprint density at radius 3 is 2.76 bits per heavy atom. The third-order valence-corrected chi connectivity index (χ3v) is 3.30. The van der Waals surface area contributed by atoms with Gasteiger partial charge >= 0.3 is 0 Å². The number of aryl methyl sites for hydroxylation is 1. The van der Waals surface area contributed by atoms with E-state index in [2.05, 4.69) is 15.2 Å². The summed E-state index contributed by atoms with van der Waals surface area (Å²) in [5.41, 5.74) is 7.83. The molecule has 2 rings (SSSR count). The molecule has 2 aromatic heterocycles. The minimum absolute atomic E-state index is 0.182. The van der Waals surface area contributed by atoms with Gasteiger partial charge < -0.3 is 10.5 Å². The third-order valence-electron chi connectivity index (χ3n) is 2.31. The number of hydrogen-bond acceptors (Lipinski definition) is 6. The van der Waals surface area contributed by atoms with Crippen LogP contribution in [0.1, 0.15) is 22.4 Å². The predicted octanol–water partition coefficient (Wildman–Crippen LogP) is 1.49. The van der Waals surface area contributed by atoms with Crippen molar-refractivity contribution in [3.63, 3.8) is 0 Å². The highest BCUT2D eigenvalue weighted by molar-refractivity contribution is 7.09. The molecule has 0 radical (unpaired) electrons. The average molecular weight is 250 g/mol. The highest BCUT2D eigenvalue weighted by atomic mass is 32.1. The fourth-order valence-electron chi connectivity index (χ4n) is 1.43. The number of ether oxygens (including phenoxy) is 1. The van der Waals surface area contributed by atoms with E-state index in [4.69, 9.17) is 10.5 Å². The van der Waals surface area contributed by atoms with Gasteiger partial charge in [0.2, 0.25) is 5.88 Å². The molecule has 0 saturated heterocycles. The highest BCUT2D eigenvalue weighted by Gasteiger charge is 2.11. The first-order valence-corrected chi connectivity index (χ1v) is 6.11. The second-order valence-electron chi connectivity index (χ2n) is 3.69. The minimum Gasteiger partial charge on any atom is -0.480 e. The van der Waals surface area contributed by atoms with E-state index in [-0.39, 0.29) is 6.04 Å². The van der Waals surface area contributed by atoms with Gasteiger partial charge in [-0.2, -0.15) is 5.10 Å². The molecule has 0 saturated carbocycles. The van der Waals surface area contributed by atoms with Gasteiger partial charge in [-0.05, 0) is 13.0 Å². The first-order valence-electron chi connectivity index (χ1n) is 5.23. The molecular formula is C11H14N4OS. The summed E-state index contributed by atoms with van der Waals surface area (Å²) in [6, 6.07) is 3.41. The SMILES string of the molecule is COc1ccc(C(N)Cc2nc(C)cs2)nn1. The third kappa shape index (κ3) is 2.98. The number of nitrogens with zero attached hydrogens (tertiary/aromatic N) is 3. The van der Waals surface area contributed by atoms with Gasteiger partial charge in [0.1, 0.15) is 0 Å². The van der Waals surface area contributed by atoms with Crippen LogP contribution in [-0.4, -0.2) is 22.3 Å². The van der Waals surface area contributed by atoms with Crippen molar-refractivity contribution in [1.29, 1.82) is 0 Å². The van der Waals surface area contributed by atoms with Crippen molar-refractivity contribution in [2.75, 3.05) is 7.11 Å². The molecule has 0 amide bonds. The molecule has 6 heteroatoms. The summed E-state index contributed by atoms with van der Waals surface area (Å²) >= 11 is 1.62. The lowest BCUT2D eigenvalue weighted by Crippen LogP contribution is -2.15. The molecule has 0 spiro atoms. The molecule has 0 aliphatic rings. The highest BCUT2D eigenvalue weighted by Crippen LogP contribution is 2.17. The van der Waals surface area contributed by atoms with Crippen LogP contribution in [0, 0.1) is 6.92 Å². The summed E-state index contributed by atoms with van der Waals surface area (Å²) in [4.78, 5) is 4.38. The number of nitrogens with two attached hydrogens (primary N) is 1. The molecule has 0 fully saturated rings. The first kappa shape index (κ1) is 11.9. The Hall–Kier alpha value is -1.53. The summed E-state index contributed by atoms with van der Waals surface area (Å²) in [5.74, 6) is 0.492. The van der Waals surface area contributed by atoms with E-state index in [0.29, 0.717) is 12.3 Å². The van der Waals surface area contributed by atoms with E-state index >= 15 is 0 Å². The van der Waals surface area contributed by atoms with Crippen LogP contribution in [0.3, 0.4) is 0 Å². The van der Waals surface area contributed by atoms with Gasteiger partial charge in [0.15, 0.2) is 0 Å². The van der Waals surface area contributed by atoms with Crippen LogP contribution in [0.2, 0.25) is 0 Å². The zero-order valence-electron chi connectivity index (χ0n) is 9.75. The number of rotatable bonds is 4. The summed E-state index contributed by atoms with van der Waals surface area (Å²) in [6.45, 7) is 1.97. The Balaban J connectivity index is 2.06. The average Bonchev–Trinajstić information content (AvgIpc) is 2.75. The smallest absolute Gasteiger partial charge is 0.233 e. The van der Waals surface area contributed by atoms with Crippen molar-refractivity contribution in [3.05, 3.63) is 33.9 Å². The Kier molecular flexibility index (Phi) is 3.65. The lowest BCUT2D eigenvalue weighted by molar-refractivity contribution is 0.390. The molecule has 1 unspecified atom stereocenters. The summed E-state index contributed by atoms with van der Waals surface area (Å²) in [6.07, 6.45) is 0.680. The molecule has 2 aromatic rings. The van der Waals surface area contributed by atoms with Gasteiger partial charge in [0, 0.05) is 23.6 Å². The van der Waals surface area contributed by atoms with Crippen LogP contribution >= 0.6 is 11.3 Å². The molecule has 0 aromatic carbocycles. The zero-order valence-corrected chi connectivity index (χ0v) is 10.6. The Morgan fingerprint density at radius 1 is 1.41 bits per heavy atom. The Morgan fingerprint density at radius 2 is 2.24 bits per heavy atom. The molecular weight excluding hydrogens is 236 g/mol. The first-order chi connectivity index (χ1) is 8.19. The standard InChI is InChI=1S/C11H14N4OS/c1-7-6-17-11(13-7)5-8(12)9-3-4-10(16-2)15-14-9/h3-4,6,8H,5,12H2,1-2H3. The van der Waals surface area contributed by atoms with Crippen LogP contribution in [0.4, 0.5) is 0 Å². The fraction of sp³-hybridized carbons (Fsp3) is 0.364. The van der Waals surface area contributed by atoms with Gasteiger partial charge in [0.25, 0.3) is 0 Å². The summed E-state index contributed by atoms with van der Waals surface area (Å²) in [5, 5.41) is 11.0. The molecule has 0 aliphatic carbocycles. The predicted molar refractivity (Wildman–Crippen MR) is 66.1 cm³/mol. The van der Waals surface area contributed by atoms with Crippen LogP contribution in [-0.2, 0) is 6.42 Å². The van der Waals surface area contributed by atoms with E-state index in [0.717, 1.165) is 16.4 Å². The fourth-order valence-corrected chi connectivity index (χ4v) is 2.26. The second-order valence-corrected chi connectivity index (χ2v) is 4.64. The van der Waals surface area contributed by atoms with Gasteiger partial charge in [-0.15, -0.1) is 16.4 Å². The van der Waals surface area contributed by atoms with Crippen molar-refractivity contribution in [3.8, 4) is 5.88 Å². The van der Waals surface area contributed by atoms with Crippen LogP contribution < -0.4 is 10.5 Å². The van der Waals surface area contributed by atoms with Crippen molar-refractivity contribution in [1.82, 2.24) is 15.2 Å². The molecule has 2 N–H and O–H groups in total. The molecule has 2 heterocycles. The molecule has 90 valence electrons. The number of methoxy groups -OCH3 is 1. The molecule has 17 heavy (non-hydrogen) atoms. The molecule has 0 aliphatic heterocycles. The normalized spacial score (nSPS) is 12.4. The summed E-state index contributed by atoms with van der Waals surface area (Å²) < 4.78 is 4.95. The monoisotopic (exact) mass is 250 g/mol.